The molecule has 1 aliphatic rings. The molecule has 2 unspecified atom stereocenters. The Morgan fingerprint density at radius 2 is 2.38 bits per heavy atom. The maximum Gasteiger partial charge on any atom is 0.264 e. The number of rotatable bonds is 3. The summed E-state index contributed by atoms with van der Waals surface area (Å²) in [6.45, 7) is 1.74. The number of hydrogen-bond acceptors (Lipinski definition) is 3. The van der Waals surface area contributed by atoms with Gasteiger partial charge in [0.15, 0.2) is 0 Å². The first-order chi connectivity index (χ1) is 5.94. The Morgan fingerprint density at radius 1 is 1.77 bits per heavy atom. The maximum atomic E-state index is 11.1. The van der Waals surface area contributed by atoms with Crippen LogP contribution in [0.4, 0.5) is 0 Å². The molecule has 1 fully saturated rings. The van der Waals surface area contributed by atoms with Gasteiger partial charge in [-0.3, -0.25) is 4.57 Å². The van der Waals surface area contributed by atoms with Crippen molar-refractivity contribution in [2.24, 2.45) is 0 Å². The van der Waals surface area contributed by atoms with E-state index in [2.05, 4.69) is 5.09 Å². The fourth-order valence-electron chi connectivity index (χ4n) is 1.44. The van der Waals surface area contributed by atoms with Crippen LogP contribution >= 0.6 is 7.52 Å². The Kier molecular flexibility index (Phi) is 3.54. The van der Waals surface area contributed by atoms with E-state index in [0.717, 1.165) is 0 Å². The summed E-state index contributed by atoms with van der Waals surface area (Å²) < 4.78 is 21.5. The normalized spacial score (nSPS) is 38.8. The van der Waals surface area contributed by atoms with Gasteiger partial charge in [0, 0.05) is 19.8 Å². The second-order valence-corrected chi connectivity index (χ2v) is 5.36. The van der Waals surface area contributed by atoms with E-state index in [1.807, 2.05) is 7.85 Å². The van der Waals surface area contributed by atoms with Crippen molar-refractivity contribution in [1.29, 1.82) is 0 Å². The van der Waals surface area contributed by atoms with Gasteiger partial charge in [-0.1, -0.05) is 0 Å². The van der Waals surface area contributed by atoms with Crippen LogP contribution in [0.3, 0.4) is 0 Å². The average Bonchev–Trinajstić information content (AvgIpc) is 2.30. The highest BCUT2D eigenvalue weighted by Gasteiger charge is 2.36. The van der Waals surface area contributed by atoms with Gasteiger partial charge < -0.3 is 14.4 Å². The molecule has 0 saturated carbocycles. The molecule has 0 bridgehead atoms. The first-order valence-corrected chi connectivity index (χ1v) is 6.27. The van der Waals surface area contributed by atoms with Gasteiger partial charge in [-0.05, 0) is 0 Å². The maximum absolute atomic E-state index is 11.1. The van der Waals surface area contributed by atoms with Crippen LogP contribution in [0.1, 0.15) is 0 Å². The smallest absolute Gasteiger partial charge is 0.264 e. The first-order valence-electron chi connectivity index (χ1n) is 4.16. The fourth-order valence-corrected chi connectivity index (χ4v) is 2.36. The molecule has 13 heavy (non-hydrogen) atoms. The third kappa shape index (κ3) is 3.07. The predicted octanol–water partition coefficient (Wildman–Crippen LogP) is -1.24. The van der Waals surface area contributed by atoms with E-state index in [4.69, 9.17) is 14.4 Å². The van der Waals surface area contributed by atoms with Crippen molar-refractivity contribution in [2.45, 2.75) is 18.1 Å². The van der Waals surface area contributed by atoms with Crippen molar-refractivity contribution in [2.75, 3.05) is 20.4 Å². The van der Waals surface area contributed by atoms with Crippen LogP contribution in [0.15, 0.2) is 0 Å². The molecule has 0 amide bonds. The second-order valence-electron chi connectivity index (χ2n) is 3.35. The van der Waals surface area contributed by atoms with Crippen LogP contribution in [0, 0.1) is 0 Å². The summed E-state index contributed by atoms with van der Waals surface area (Å²) in [7, 11) is 0.209. The van der Waals surface area contributed by atoms with Gasteiger partial charge in [-0.2, -0.15) is 0 Å². The zero-order valence-corrected chi connectivity index (χ0v) is 8.95. The van der Waals surface area contributed by atoms with Gasteiger partial charge in [-0.15, -0.1) is 0 Å². The lowest BCUT2D eigenvalue weighted by molar-refractivity contribution is 0.0740. The monoisotopic (exact) mass is 207 g/mol. The Morgan fingerprint density at radius 3 is 2.85 bits per heavy atom. The molecule has 5 nitrogen and oxygen atoms in total. The van der Waals surface area contributed by atoms with Crippen molar-refractivity contribution < 1.29 is 18.9 Å². The number of ether oxygens (including phenoxy) is 2. The van der Waals surface area contributed by atoms with Crippen LogP contribution in [-0.4, -0.2) is 51.3 Å². The molecular weight excluding hydrogens is 192 g/mol. The Labute approximate surface area is 78.7 Å². The van der Waals surface area contributed by atoms with E-state index in [-0.39, 0.29) is 18.1 Å². The highest BCUT2D eigenvalue weighted by atomic mass is 31.2. The Hall–Kier alpha value is 0.135. The minimum atomic E-state index is -3.21. The van der Waals surface area contributed by atoms with Crippen LogP contribution in [0.25, 0.3) is 0 Å². The number of hydrogen-bond donors (Lipinski definition) is 2. The lowest BCUT2D eigenvalue weighted by Gasteiger charge is -2.22. The van der Waals surface area contributed by atoms with Crippen molar-refractivity contribution in [3.8, 4) is 0 Å². The number of methoxy groups -OCH3 is 1. The molecule has 1 aliphatic heterocycles. The molecule has 0 aromatic heterocycles. The van der Waals surface area contributed by atoms with E-state index in [1.165, 1.54) is 6.66 Å². The molecule has 1 saturated heterocycles. The van der Waals surface area contributed by atoms with Crippen LogP contribution in [0.2, 0.25) is 0 Å². The standard InChI is InChI=1S/C6H15BNO4P/c1-11-4-3-12-6(7)5(4)8-13(2,9)10/h4-6H,3,7H2,1-2H3,(H2,8,9,10)/t4?,5-,6+/m0/s1. The van der Waals surface area contributed by atoms with E-state index in [1.54, 1.807) is 7.11 Å². The SMILES string of the molecule is B[C@@H]1OCC(OC)[C@@H]1NP(C)(=O)O. The van der Waals surface area contributed by atoms with Gasteiger partial charge in [-0.25, -0.2) is 5.09 Å². The third-order valence-electron chi connectivity index (χ3n) is 2.12. The minimum absolute atomic E-state index is 0.0922. The van der Waals surface area contributed by atoms with Crippen molar-refractivity contribution >= 4 is 15.4 Å². The van der Waals surface area contributed by atoms with E-state index < -0.39 is 7.52 Å². The summed E-state index contributed by atoms with van der Waals surface area (Å²) in [5.41, 5.74) is 0. The van der Waals surface area contributed by atoms with Crippen molar-refractivity contribution in [3.63, 3.8) is 0 Å². The highest BCUT2D eigenvalue weighted by molar-refractivity contribution is 7.55. The molecule has 0 aromatic rings. The minimum Gasteiger partial charge on any atom is -0.383 e. The lowest BCUT2D eigenvalue weighted by atomic mass is 9.92. The molecule has 1 heterocycles. The Bertz CT molecular complexity index is 221. The molecule has 0 spiro atoms. The zero-order valence-electron chi connectivity index (χ0n) is 8.06. The van der Waals surface area contributed by atoms with Gasteiger partial charge in [0.1, 0.15) is 7.85 Å². The quantitative estimate of drug-likeness (QED) is 0.447. The molecule has 1 rings (SSSR count). The summed E-state index contributed by atoms with van der Waals surface area (Å²) >= 11 is 0. The summed E-state index contributed by atoms with van der Waals surface area (Å²) in [6.07, 6.45) is -0.143. The van der Waals surface area contributed by atoms with E-state index in [9.17, 15) is 4.57 Å². The van der Waals surface area contributed by atoms with Gasteiger partial charge >= 0.3 is 0 Å². The van der Waals surface area contributed by atoms with Crippen LogP contribution < -0.4 is 5.09 Å². The van der Waals surface area contributed by atoms with E-state index >= 15 is 0 Å². The predicted molar refractivity (Wildman–Crippen MR) is 51.8 cm³/mol. The first kappa shape index (κ1) is 11.2. The highest BCUT2D eigenvalue weighted by Crippen LogP contribution is 2.32. The van der Waals surface area contributed by atoms with E-state index in [0.29, 0.717) is 6.61 Å². The second kappa shape index (κ2) is 4.11. The van der Waals surface area contributed by atoms with Crippen LogP contribution in [0.5, 0.6) is 0 Å². The fraction of sp³-hybridized carbons (Fsp3) is 1.00. The Balaban J connectivity index is 2.60. The molecule has 0 aromatic carbocycles. The average molecular weight is 207 g/mol. The van der Waals surface area contributed by atoms with Crippen molar-refractivity contribution in [3.05, 3.63) is 0 Å². The third-order valence-corrected chi connectivity index (χ3v) is 2.90. The largest absolute Gasteiger partial charge is 0.383 e. The molecule has 7 heteroatoms. The summed E-state index contributed by atoms with van der Waals surface area (Å²) in [5, 5.41) is 2.63. The summed E-state index contributed by atoms with van der Waals surface area (Å²) in [5.74, 6) is 0. The molecule has 0 aliphatic carbocycles. The molecule has 4 atom stereocenters. The zero-order chi connectivity index (χ0) is 10.1. The topological polar surface area (TPSA) is 67.8 Å². The van der Waals surface area contributed by atoms with Crippen LogP contribution in [-0.2, 0) is 14.0 Å². The molecule has 0 radical (unpaired) electrons. The summed E-state index contributed by atoms with van der Waals surface area (Å²) in [6, 6.07) is -0.295. The molecule has 2 N–H and O–H groups in total. The molecule has 76 valence electrons. The van der Waals surface area contributed by atoms with Gasteiger partial charge in [0.2, 0.25) is 0 Å². The van der Waals surface area contributed by atoms with Crippen molar-refractivity contribution in [1.82, 2.24) is 5.09 Å². The van der Waals surface area contributed by atoms with Gasteiger partial charge in [0.25, 0.3) is 7.52 Å². The van der Waals surface area contributed by atoms with Gasteiger partial charge in [0.05, 0.1) is 18.8 Å². The lowest BCUT2D eigenvalue weighted by Crippen LogP contribution is -2.42. The number of nitrogens with one attached hydrogen (secondary N) is 1. The molecular formula is C6H15BNO4P. The summed E-state index contributed by atoms with van der Waals surface area (Å²) in [4.78, 5) is 9.14.